The van der Waals surface area contributed by atoms with E-state index in [1.54, 1.807) is 5.56 Å². The third kappa shape index (κ3) is 4.47. The Bertz CT molecular complexity index is 1330. The smallest absolute Gasteiger partial charge is 0.0281 e. The highest BCUT2D eigenvalue weighted by Crippen LogP contribution is 2.42. The summed E-state index contributed by atoms with van der Waals surface area (Å²) in [5.41, 5.74) is 8.63. The predicted molar refractivity (Wildman–Crippen MR) is 150 cm³/mol. The number of benzene rings is 3. The summed E-state index contributed by atoms with van der Waals surface area (Å²) in [7, 11) is 0. The van der Waals surface area contributed by atoms with Crippen LogP contribution in [0.1, 0.15) is 62.1 Å². The van der Waals surface area contributed by atoms with Crippen molar-refractivity contribution in [3.05, 3.63) is 125 Å². The molecule has 0 spiro atoms. The van der Waals surface area contributed by atoms with Crippen molar-refractivity contribution in [2.24, 2.45) is 17.8 Å². The van der Waals surface area contributed by atoms with Gasteiger partial charge in [0.2, 0.25) is 0 Å². The molecular weight excluding hydrogens is 420 g/mol. The van der Waals surface area contributed by atoms with Crippen LogP contribution in [0.4, 0.5) is 0 Å². The fourth-order valence-corrected chi connectivity index (χ4v) is 6.50. The fraction of sp³-hybridized carbons (Fsp3) is 0.314. The first-order chi connectivity index (χ1) is 17.2. The van der Waals surface area contributed by atoms with E-state index in [1.165, 1.54) is 64.3 Å². The number of allylic oxidation sites excluding steroid dienone is 8. The van der Waals surface area contributed by atoms with Gasteiger partial charge in [-0.05, 0) is 100 Å². The van der Waals surface area contributed by atoms with Gasteiger partial charge < -0.3 is 0 Å². The van der Waals surface area contributed by atoms with Crippen LogP contribution in [0.3, 0.4) is 0 Å². The van der Waals surface area contributed by atoms with Crippen LogP contribution in [0.5, 0.6) is 0 Å². The van der Waals surface area contributed by atoms with Crippen LogP contribution >= 0.6 is 0 Å². The molecule has 3 aromatic carbocycles. The Labute approximate surface area is 210 Å². The largest absolute Gasteiger partial charge is 0.0726 e. The number of hydrogen-bond acceptors (Lipinski definition) is 0. The van der Waals surface area contributed by atoms with Crippen LogP contribution < -0.4 is 0 Å². The lowest BCUT2D eigenvalue weighted by atomic mass is 9.74. The van der Waals surface area contributed by atoms with Crippen molar-refractivity contribution in [1.82, 2.24) is 0 Å². The SMILES string of the molecule is CC(C)C1CCC(c2ccc(CC3=CC=C(c4ccc5ccccc5c4)C4C=CC=C34)cc2)CC1. The molecule has 176 valence electrons. The lowest BCUT2D eigenvalue weighted by Crippen LogP contribution is -2.17. The summed E-state index contributed by atoms with van der Waals surface area (Å²) >= 11 is 0. The van der Waals surface area contributed by atoms with Gasteiger partial charge in [-0.1, -0.05) is 105 Å². The highest BCUT2D eigenvalue weighted by atomic mass is 14.3. The summed E-state index contributed by atoms with van der Waals surface area (Å²) in [4.78, 5) is 0. The molecule has 1 saturated carbocycles. The molecule has 0 saturated heterocycles. The Hall–Kier alpha value is -3.12. The molecular formula is C35H36. The van der Waals surface area contributed by atoms with Gasteiger partial charge >= 0.3 is 0 Å². The minimum atomic E-state index is 0.367. The lowest BCUT2D eigenvalue weighted by Gasteiger charge is -2.31. The van der Waals surface area contributed by atoms with Gasteiger partial charge in [0.15, 0.2) is 0 Å². The molecule has 0 nitrogen and oxygen atoms in total. The zero-order valence-corrected chi connectivity index (χ0v) is 21.1. The van der Waals surface area contributed by atoms with E-state index in [4.69, 9.17) is 0 Å². The maximum Gasteiger partial charge on any atom is 0.0281 e. The summed E-state index contributed by atoms with van der Waals surface area (Å²) in [6, 6.07) is 25.1. The van der Waals surface area contributed by atoms with Crippen LogP contribution in [0.25, 0.3) is 16.3 Å². The van der Waals surface area contributed by atoms with Gasteiger partial charge in [0.25, 0.3) is 0 Å². The van der Waals surface area contributed by atoms with E-state index in [9.17, 15) is 0 Å². The van der Waals surface area contributed by atoms with Crippen molar-refractivity contribution >= 4 is 16.3 Å². The molecule has 1 fully saturated rings. The highest BCUT2D eigenvalue weighted by Gasteiger charge is 2.27. The van der Waals surface area contributed by atoms with E-state index < -0.39 is 0 Å². The van der Waals surface area contributed by atoms with E-state index in [1.807, 2.05) is 0 Å². The van der Waals surface area contributed by atoms with Gasteiger partial charge in [0.1, 0.15) is 0 Å². The summed E-state index contributed by atoms with van der Waals surface area (Å²) in [6.07, 6.45) is 18.2. The van der Waals surface area contributed by atoms with E-state index in [2.05, 4.69) is 111 Å². The molecule has 0 aromatic heterocycles. The zero-order chi connectivity index (χ0) is 23.8. The van der Waals surface area contributed by atoms with Gasteiger partial charge in [0, 0.05) is 5.92 Å². The number of fused-ring (bicyclic) bond motifs is 2. The Morgan fingerprint density at radius 2 is 1.51 bits per heavy atom. The second-order valence-corrected chi connectivity index (χ2v) is 11.1. The third-order valence-corrected chi connectivity index (χ3v) is 8.73. The molecule has 0 N–H and O–H groups in total. The quantitative estimate of drug-likeness (QED) is 0.358. The monoisotopic (exact) mass is 456 g/mol. The minimum Gasteiger partial charge on any atom is -0.0726 e. The molecule has 1 atom stereocenters. The van der Waals surface area contributed by atoms with Crippen molar-refractivity contribution in [2.75, 3.05) is 0 Å². The maximum absolute atomic E-state index is 2.41. The van der Waals surface area contributed by atoms with Gasteiger partial charge in [-0.3, -0.25) is 0 Å². The van der Waals surface area contributed by atoms with Crippen molar-refractivity contribution < 1.29 is 0 Å². The number of hydrogen-bond donors (Lipinski definition) is 0. The molecule has 3 aliphatic carbocycles. The maximum atomic E-state index is 2.41. The second-order valence-electron chi connectivity index (χ2n) is 11.1. The topological polar surface area (TPSA) is 0 Å². The average Bonchev–Trinajstić information content (AvgIpc) is 3.40. The molecule has 3 aliphatic rings. The van der Waals surface area contributed by atoms with Gasteiger partial charge in [-0.15, -0.1) is 0 Å². The molecule has 35 heavy (non-hydrogen) atoms. The van der Waals surface area contributed by atoms with Crippen LogP contribution in [-0.4, -0.2) is 0 Å². The zero-order valence-electron chi connectivity index (χ0n) is 21.1. The minimum absolute atomic E-state index is 0.367. The Morgan fingerprint density at radius 3 is 2.29 bits per heavy atom. The second kappa shape index (κ2) is 9.50. The third-order valence-electron chi connectivity index (χ3n) is 8.73. The first kappa shape index (κ1) is 22.4. The molecule has 0 bridgehead atoms. The Balaban J connectivity index is 1.20. The lowest BCUT2D eigenvalue weighted by molar-refractivity contribution is 0.259. The Kier molecular flexibility index (Phi) is 6.06. The van der Waals surface area contributed by atoms with Crippen molar-refractivity contribution in [1.29, 1.82) is 0 Å². The molecule has 0 aliphatic heterocycles. The summed E-state index contributed by atoms with van der Waals surface area (Å²) in [5, 5.41) is 2.61. The first-order valence-corrected chi connectivity index (χ1v) is 13.5. The fourth-order valence-electron chi connectivity index (χ4n) is 6.50. The van der Waals surface area contributed by atoms with Crippen LogP contribution in [0.15, 0.2) is 108 Å². The van der Waals surface area contributed by atoms with E-state index >= 15 is 0 Å². The molecule has 0 heteroatoms. The molecule has 0 radical (unpaired) electrons. The summed E-state index contributed by atoms with van der Waals surface area (Å²) in [5.74, 6) is 2.89. The normalized spacial score (nSPS) is 23.7. The molecule has 6 rings (SSSR count). The number of rotatable bonds is 5. The molecule has 1 unspecified atom stereocenters. The Morgan fingerprint density at radius 1 is 0.743 bits per heavy atom. The molecule has 0 heterocycles. The van der Waals surface area contributed by atoms with Crippen molar-refractivity contribution in [3.63, 3.8) is 0 Å². The molecule has 3 aromatic rings. The summed E-state index contributed by atoms with van der Waals surface area (Å²) < 4.78 is 0. The van der Waals surface area contributed by atoms with Gasteiger partial charge in [-0.25, -0.2) is 0 Å². The van der Waals surface area contributed by atoms with Crippen LogP contribution in [0, 0.1) is 17.8 Å². The standard InChI is InChI=1S/C35H36/c1-24(2)26-14-16-29(17-15-26)28-12-10-25(11-13-28)22-31-20-21-34(35-9-5-8-33(31)35)32-19-18-27-6-3-4-7-30(27)23-32/h3-13,18-21,23-24,26,29,35H,14-17,22H2,1-2H3. The first-order valence-electron chi connectivity index (χ1n) is 13.5. The van der Waals surface area contributed by atoms with Gasteiger partial charge in [-0.2, -0.15) is 0 Å². The predicted octanol–water partition coefficient (Wildman–Crippen LogP) is 9.45. The van der Waals surface area contributed by atoms with Gasteiger partial charge in [0.05, 0.1) is 0 Å². The molecule has 0 amide bonds. The van der Waals surface area contributed by atoms with E-state index in [-0.39, 0.29) is 0 Å². The van der Waals surface area contributed by atoms with E-state index in [0.717, 1.165) is 24.2 Å². The van der Waals surface area contributed by atoms with Crippen LogP contribution in [-0.2, 0) is 6.42 Å². The van der Waals surface area contributed by atoms with Crippen molar-refractivity contribution in [2.45, 2.75) is 51.9 Å². The average molecular weight is 457 g/mol. The summed E-state index contributed by atoms with van der Waals surface area (Å²) in [6.45, 7) is 4.78. The van der Waals surface area contributed by atoms with Crippen molar-refractivity contribution in [3.8, 4) is 0 Å². The van der Waals surface area contributed by atoms with Crippen LogP contribution in [0.2, 0.25) is 0 Å². The highest BCUT2D eigenvalue weighted by molar-refractivity contribution is 5.88. The van der Waals surface area contributed by atoms with E-state index in [0.29, 0.717) is 5.92 Å².